The number of rotatable bonds is 6. The zero-order valence-electron chi connectivity index (χ0n) is 14.7. The van der Waals surface area contributed by atoms with E-state index in [-0.39, 0.29) is 30.1 Å². The van der Waals surface area contributed by atoms with Gasteiger partial charge in [0.1, 0.15) is 11.5 Å². The lowest BCUT2D eigenvalue weighted by atomic mass is 10.1. The van der Waals surface area contributed by atoms with Gasteiger partial charge in [0.2, 0.25) is 0 Å². The van der Waals surface area contributed by atoms with Crippen molar-refractivity contribution in [3.05, 3.63) is 93.4 Å². The fourth-order valence-electron chi connectivity index (χ4n) is 2.76. The lowest BCUT2D eigenvalue weighted by Crippen LogP contribution is -2.30. The van der Waals surface area contributed by atoms with E-state index in [0.717, 1.165) is 0 Å². The molecule has 3 aromatic rings. The number of carbonyl (C=O) groups is 1. The highest BCUT2D eigenvalue weighted by atomic mass is 16.6. The average Bonchev–Trinajstić information content (AvgIpc) is 3.15. The number of aromatic hydroxyl groups is 1. The first-order valence-corrected chi connectivity index (χ1v) is 8.29. The predicted octanol–water partition coefficient (Wildman–Crippen LogP) is 4.04. The highest BCUT2D eigenvalue weighted by Crippen LogP contribution is 2.24. The molecule has 1 heterocycles. The number of carbonyl (C=O) groups excluding carboxylic acids is 1. The molecule has 1 amide bonds. The number of benzene rings is 2. The van der Waals surface area contributed by atoms with E-state index in [2.05, 4.69) is 0 Å². The molecule has 0 aliphatic heterocycles. The van der Waals surface area contributed by atoms with Crippen molar-refractivity contribution in [3.63, 3.8) is 0 Å². The van der Waals surface area contributed by atoms with Gasteiger partial charge in [-0.3, -0.25) is 14.9 Å². The highest BCUT2D eigenvalue weighted by Gasteiger charge is 2.22. The van der Waals surface area contributed by atoms with E-state index in [1.165, 1.54) is 17.2 Å². The molecule has 0 aliphatic rings. The molecule has 0 fully saturated rings. The molecule has 0 atom stereocenters. The zero-order valence-corrected chi connectivity index (χ0v) is 14.7. The van der Waals surface area contributed by atoms with Crippen LogP contribution >= 0.6 is 0 Å². The van der Waals surface area contributed by atoms with Crippen LogP contribution in [0.15, 0.2) is 65.3 Å². The molecular weight excluding hydrogens is 348 g/mol. The lowest BCUT2D eigenvalue weighted by molar-refractivity contribution is -0.385. The van der Waals surface area contributed by atoms with Crippen molar-refractivity contribution in [2.45, 2.75) is 20.0 Å². The van der Waals surface area contributed by atoms with Gasteiger partial charge in [-0.2, -0.15) is 0 Å². The zero-order chi connectivity index (χ0) is 19.4. The normalized spacial score (nSPS) is 10.6. The van der Waals surface area contributed by atoms with Gasteiger partial charge >= 0.3 is 0 Å². The van der Waals surface area contributed by atoms with Gasteiger partial charge in [0.05, 0.1) is 24.3 Å². The summed E-state index contributed by atoms with van der Waals surface area (Å²) in [7, 11) is 0. The molecule has 27 heavy (non-hydrogen) atoms. The van der Waals surface area contributed by atoms with Gasteiger partial charge in [0.15, 0.2) is 0 Å². The van der Waals surface area contributed by atoms with Crippen molar-refractivity contribution < 1.29 is 19.2 Å². The quantitative estimate of drug-likeness (QED) is 0.524. The molecule has 7 heteroatoms. The topological polar surface area (TPSA) is 96.8 Å². The summed E-state index contributed by atoms with van der Waals surface area (Å²) in [6.45, 7) is 1.92. The SMILES string of the molecule is Cc1ccc(C(=O)N(Cc2ccco2)Cc2ccccc2O)cc1[N+](=O)[O-]. The van der Waals surface area contributed by atoms with Gasteiger partial charge in [0.25, 0.3) is 11.6 Å². The number of amides is 1. The first-order chi connectivity index (χ1) is 13.0. The van der Waals surface area contributed by atoms with E-state index in [0.29, 0.717) is 16.9 Å². The Morgan fingerprint density at radius 1 is 1.15 bits per heavy atom. The summed E-state index contributed by atoms with van der Waals surface area (Å²) in [5.74, 6) is 0.253. The molecule has 0 saturated carbocycles. The summed E-state index contributed by atoms with van der Waals surface area (Å²) in [6.07, 6.45) is 1.51. The number of para-hydroxylation sites is 1. The standard InChI is InChI=1S/C20H18N2O5/c1-14-8-9-15(11-18(14)22(25)26)20(24)21(13-17-6-4-10-27-17)12-16-5-2-3-7-19(16)23/h2-11,23H,12-13H2,1H3. The smallest absolute Gasteiger partial charge is 0.273 e. The molecule has 0 spiro atoms. The summed E-state index contributed by atoms with van der Waals surface area (Å²) in [4.78, 5) is 25.2. The van der Waals surface area contributed by atoms with Crippen LogP contribution in [0.3, 0.4) is 0 Å². The summed E-state index contributed by atoms with van der Waals surface area (Å²) in [6, 6.07) is 14.6. The van der Waals surface area contributed by atoms with Gasteiger partial charge in [-0.1, -0.05) is 24.3 Å². The first kappa shape index (κ1) is 18.2. The Bertz CT molecular complexity index is 966. The second kappa shape index (κ2) is 7.74. The highest BCUT2D eigenvalue weighted by molar-refractivity contribution is 5.95. The lowest BCUT2D eigenvalue weighted by Gasteiger charge is -2.22. The third kappa shape index (κ3) is 4.14. The minimum Gasteiger partial charge on any atom is -0.508 e. The molecule has 2 aromatic carbocycles. The number of aryl methyl sites for hydroxylation is 1. The molecule has 1 aromatic heterocycles. The van der Waals surface area contributed by atoms with Crippen LogP contribution in [0.5, 0.6) is 5.75 Å². The molecule has 0 unspecified atom stereocenters. The fourth-order valence-corrected chi connectivity index (χ4v) is 2.76. The van der Waals surface area contributed by atoms with E-state index >= 15 is 0 Å². The maximum Gasteiger partial charge on any atom is 0.273 e. The van der Waals surface area contributed by atoms with Crippen molar-refractivity contribution >= 4 is 11.6 Å². The maximum atomic E-state index is 13.1. The molecule has 0 bridgehead atoms. The van der Waals surface area contributed by atoms with Crippen LogP contribution in [0.2, 0.25) is 0 Å². The third-order valence-corrected chi connectivity index (χ3v) is 4.22. The van der Waals surface area contributed by atoms with Crippen molar-refractivity contribution in [2.75, 3.05) is 0 Å². The minimum absolute atomic E-state index is 0.0737. The number of hydrogen-bond donors (Lipinski definition) is 1. The van der Waals surface area contributed by atoms with Gasteiger partial charge < -0.3 is 14.4 Å². The van der Waals surface area contributed by atoms with Crippen LogP contribution in [0.4, 0.5) is 5.69 Å². The number of phenols is 1. The van der Waals surface area contributed by atoms with Crippen molar-refractivity contribution in [2.24, 2.45) is 0 Å². The molecule has 0 aliphatic carbocycles. The summed E-state index contributed by atoms with van der Waals surface area (Å²) < 4.78 is 5.33. The van der Waals surface area contributed by atoms with Crippen LogP contribution in [0, 0.1) is 17.0 Å². The van der Waals surface area contributed by atoms with E-state index < -0.39 is 10.8 Å². The third-order valence-electron chi connectivity index (χ3n) is 4.22. The first-order valence-electron chi connectivity index (χ1n) is 8.29. The number of nitro benzene ring substituents is 1. The molecular formula is C20H18N2O5. The molecule has 138 valence electrons. The van der Waals surface area contributed by atoms with Crippen molar-refractivity contribution in [3.8, 4) is 5.75 Å². The van der Waals surface area contributed by atoms with Crippen molar-refractivity contribution in [1.29, 1.82) is 0 Å². The van der Waals surface area contributed by atoms with Gasteiger partial charge in [0, 0.05) is 22.8 Å². The van der Waals surface area contributed by atoms with Gasteiger partial charge in [-0.25, -0.2) is 0 Å². The largest absolute Gasteiger partial charge is 0.508 e. The van der Waals surface area contributed by atoms with E-state index in [1.807, 2.05) is 0 Å². The van der Waals surface area contributed by atoms with Crippen LogP contribution in [0.1, 0.15) is 27.2 Å². The Labute approximate surface area is 155 Å². The Balaban J connectivity index is 1.94. The number of furan rings is 1. The predicted molar refractivity (Wildman–Crippen MR) is 98.2 cm³/mol. The second-order valence-electron chi connectivity index (χ2n) is 6.13. The van der Waals surface area contributed by atoms with Crippen LogP contribution in [-0.2, 0) is 13.1 Å². The van der Waals surface area contributed by atoms with Crippen molar-refractivity contribution in [1.82, 2.24) is 4.90 Å². The second-order valence-corrected chi connectivity index (χ2v) is 6.13. The Hall–Kier alpha value is -3.61. The van der Waals surface area contributed by atoms with E-state index in [1.54, 1.807) is 55.5 Å². The Morgan fingerprint density at radius 3 is 2.59 bits per heavy atom. The van der Waals surface area contributed by atoms with Crippen LogP contribution in [-0.4, -0.2) is 20.8 Å². The van der Waals surface area contributed by atoms with E-state index in [4.69, 9.17) is 4.42 Å². The van der Waals surface area contributed by atoms with Crippen LogP contribution in [0.25, 0.3) is 0 Å². The number of hydrogen-bond acceptors (Lipinski definition) is 5. The Kier molecular flexibility index (Phi) is 5.21. The monoisotopic (exact) mass is 366 g/mol. The number of nitrogens with zero attached hydrogens (tertiary/aromatic N) is 2. The maximum absolute atomic E-state index is 13.1. The molecule has 7 nitrogen and oxygen atoms in total. The van der Waals surface area contributed by atoms with E-state index in [9.17, 15) is 20.0 Å². The van der Waals surface area contributed by atoms with Gasteiger partial charge in [-0.15, -0.1) is 0 Å². The molecule has 1 N–H and O–H groups in total. The number of phenolic OH excluding ortho intramolecular Hbond substituents is 1. The summed E-state index contributed by atoms with van der Waals surface area (Å²) in [5, 5.41) is 21.2. The fraction of sp³-hybridized carbons (Fsp3) is 0.150. The average molecular weight is 366 g/mol. The van der Waals surface area contributed by atoms with Crippen LogP contribution < -0.4 is 0 Å². The molecule has 0 saturated heterocycles. The number of nitro groups is 1. The molecule has 0 radical (unpaired) electrons. The molecule has 3 rings (SSSR count). The summed E-state index contributed by atoms with van der Waals surface area (Å²) >= 11 is 0. The minimum atomic E-state index is -0.508. The summed E-state index contributed by atoms with van der Waals surface area (Å²) in [5.41, 5.74) is 1.14. The van der Waals surface area contributed by atoms with Gasteiger partial charge in [-0.05, 0) is 31.2 Å². The Morgan fingerprint density at radius 2 is 1.93 bits per heavy atom.